The third-order valence-electron chi connectivity index (χ3n) is 10.6. The molecule has 0 aliphatic heterocycles. The first-order valence-corrected chi connectivity index (χ1v) is 17.8. The standard InChI is InChI=1S/C50H35N3/c1-50(2)44-23-9-8-20-42(44)46-43(22-12-24-45(46)50)49-52-47(33-14-4-3-5-15-33)51-48(53-49)39-18-10-17-34(31-39)35-25-26-37-30-38(28-27-36(37)29-35)41-21-11-16-32-13-6-7-19-40(32)41/h3-31H,1-2H3/i3D,4D,5D,14D,15D. The molecule has 9 aromatic rings. The van der Waals surface area contributed by atoms with Crippen molar-refractivity contribution in [3.8, 4) is 67.5 Å². The SMILES string of the molecule is [2H]c1c([2H])c([2H])c(-c2nc(-c3cccc(-c4ccc5cc(-c6cccc7ccccc67)ccc5c4)c3)nc(-c3cccc4c3-c3ccccc3C4(C)C)n2)c([2H])c1[2H]. The molecule has 0 unspecified atom stereocenters. The molecule has 1 heterocycles. The zero-order valence-corrected chi connectivity index (χ0v) is 29.2. The predicted molar refractivity (Wildman–Crippen MR) is 220 cm³/mol. The van der Waals surface area contributed by atoms with Gasteiger partial charge in [0.25, 0.3) is 0 Å². The average Bonchev–Trinajstić information content (AvgIpc) is 3.50. The number of hydrogen-bond donors (Lipinski definition) is 0. The summed E-state index contributed by atoms with van der Waals surface area (Å²) in [5, 5.41) is 4.68. The summed E-state index contributed by atoms with van der Waals surface area (Å²) in [6.07, 6.45) is 0. The average molecular weight is 683 g/mol. The molecule has 0 saturated heterocycles. The third-order valence-corrected chi connectivity index (χ3v) is 10.6. The van der Waals surface area contributed by atoms with Crippen LogP contribution in [0.5, 0.6) is 0 Å². The van der Waals surface area contributed by atoms with Crippen LogP contribution in [0.2, 0.25) is 0 Å². The van der Waals surface area contributed by atoms with Gasteiger partial charge in [-0.25, -0.2) is 15.0 Å². The zero-order chi connectivity index (χ0) is 39.9. The highest BCUT2D eigenvalue weighted by Crippen LogP contribution is 2.51. The molecular weight excluding hydrogens is 643 g/mol. The molecule has 1 aliphatic rings. The van der Waals surface area contributed by atoms with Crippen molar-refractivity contribution < 1.29 is 6.85 Å². The second-order valence-electron chi connectivity index (χ2n) is 14.1. The molecular formula is C50H35N3. The fourth-order valence-corrected chi connectivity index (χ4v) is 7.95. The zero-order valence-electron chi connectivity index (χ0n) is 34.2. The van der Waals surface area contributed by atoms with Gasteiger partial charge < -0.3 is 0 Å². The first kappa shape index (κ1) is 26.1. The van der Waals surface area contributed by atoms with E-state index in [-0.39, 0.29) is 28.9 Å². The van der Waals surface area contributed by atoms with E-state index in [4.69, 9.17) is 21.8 Å². The lowest BCUT2D eigenvalue weighted by molar-refractivity contribution is 0.660. The Morgan fingerprint density at radius 2 is 1.00 bits per heavy atom. The van der Waals surface area contributed by atoms with Gasteiger partial charge in [-0.15, -0.1) is 0 Å². The Balaban J connectivity index is 1.12. The van der Waals surface area contributed by atoms with Crippen LogP contribution in [0.4, 0.5) is 0 Å². The van der Waals surface area contributed by atoms with Crippen LogP contribution < -0.4 is 0 Å². The lowest BCUT2D eigenvalue weighted by Gasteiger charge is -2.21. The van der Waals surface area contributed by atoms with Gasteiger partial charge in [0.1, 0.15) is 0 Å². The maximum atomic E-state index is 8.83. The Bertz CT molecular complexity index is 3140. The van der Waals surface area contributed by atoms with E-state index in [2.05, 4.69) is 123 Å². The molecule has 1 aromatic heterocycles. The molecule has 3 nitrogen and oxygen atoms in total. The largest absolute Gasteiger partial charge is 0.208 e. The third kappa shape index (κ3) is 5.24. The van der Waals surface area contributed by atoms with Crippen LogP contribution in [0.25, 0.3) is 89.1 Å². The molecule has 3 heteroatoms. The Hall–Kier alpha value is -6.71. The van der Waals surface area contributed by atoms with Crippen LogP contribution in [0.1, 0.15) is 31.8 Å². The van der Waals surface area contributed by atoms with Gasteiger partial charge in [0.05, 0.1) is 6.85 Å². The van der Waals surface area contributed by atoms with Crippen molar-refractivity contribution in [1.82, 2.24) is 15.0 Å². The van der Waals surface area contributed by atoms with Crippen molar-refractivity contribution in [2.45, 2.75) is 19.3 Å². The van der Waals surface area contributed by atoms with E-state index in [9.17, 15) is 0 Å². The Morgan fingerprint density at radius 3 is 1.87 bits per heavy atom. The highest BCUT2D eigenvalue weighted by atomic mass is 15.0. The number of rotatable bonds is 5. The number of nitrogens with zero attached hydrogens (tertiary/aromatic N) is 3. The van der Waals surface area contributed by atoms with Gasteiger partial charge in [0.2, 0.25) is 0 Å². The van der Waals surface area contributed by atoms with E-state index < -0.39 is 18.1 Å². The van der Waals surface area contributed by atoms with E-state index in [0.29, 0.717) is 17.2 Å². The molecule has 0 fully saturated rings. The number of benzene rings is 8. The Labute approximate surface area is 316 Å². The van der Waals surface area contributed by atoms with Gasteiger partial charge >= 0.3 is 0 Å². The smallest absolute Gasteiger partial charge is 0.164 e. The van der Waals surface area contributed by atoms with Crippen LogP contribution in [0.15, 0.2) is 176 Å². The molecule has 53 heavy (non-hydrogen) atoms. The van der Waals surface area contributed by atoms with Gasteiger partial charge in [0.15, 0.2) is 17.5 Å². The van der Waals surface area contributed by atoms with Crippen molar-refractivity contribution in [2.24, 2.45) is 0 Å². The maximum absolute atomic E-state index is 8.83. The van der Waals surface area contributed by atoms with Gasteiger partial charge in [-0.2, -0.15) is 0 Å². The van der Waals surface area contributed by atoms with Crippen molar-refractivity contribution in [3.05, 3.63) is 187 Å². The minimum atomic E-state index is -0.471. The van der Waals surface area contributed by atoms with Gasteiger partial charge in [-0.05, 0) is 84.3 Å². The molecule has 0 radical (unpaired) electrons. The number of fused-ring (bicyclic) bond motifs is 5. The summed E-state index contributed by atoms with van der Waals surface area (Å²) in [5.74, 6) is 0.699. The van der Waals surface area contributed by atoms with Crippen LogP contribution >= 0.6 is 0 Å². The first-order valence-electron chi connectivity index (χ1n) is 20.3. The van der Waals surface area contributed by atoms with Crippen molar-refractivity contribution in [1.29, 1.82) is 0 Å². The molecule has 1 aliphatic carbocycles. The summed E-state index contributed by atoms with van der Waals surface area (Å²) < 4.78 is 42.8. The van der Waals surface area contributed by atoms with E-state index >= 15 is 0 Å². The Kier molecular flexibility index (Phi) is 6.02. The summed E-state index contributed by atoms with van der Waals surface area (Å²) in [4.78, 5) is 14.8. The monoisotopic (exact) mass is 682 g/mol. The predicted octanol–water partition coefficient (Wildman–Crippen LogP) is 12.8. The first-order chi connectivity index (χ1) is 28.1. The summed E-state index contributed by atoms with van der Waals surface area (Å²) >= 11 is 0. The number of hydrogen-bond acceptors (Lipinski definition) is 3. The molecule has 0 amide bonds. The topological polar surface area (TPSA) is 38.7 Å². The van der Waals surface area contributed by atoms with E-state index in [1.807, 2.05) is 36.4 Å². The van der Waals surface area contributed by atoms with Gasteiger partial charge in [0, 0.05) is 22.1 Å². The van der Waals surface area contributed by atoms with E-state index in [1.54, 1.807) is 0 Å². The molecule has 0 atom stereocenters. The molecule has 250 valence electrons. The van der Waals surface area contributed by atoms with Crippen LogP contribution in [-0.4, -0.2) is 15.0 Å². The Morgan fingerprint density at radius 1 is 0.415 bits per heavy atom. The fourth-order valence-electron chi connectivity index (χ4n) is 7.95. The minimum Gasteiger partial charge on any atom is -0.208 e. The minimum absolute atomic E-state index is 0.0123. The van der Waals surface area contributed by atoms with Crippen LogP contribution in [0, 0.1) is 0 Å². The van der Waals surface area contributed by atoms with Crippen molar-refractivity contribution >= 4 is 21.5 Å². The number of aromatic nitrogens is 3. The second kappa shape index (κ2) is 12.2. The van der Waals surface area contributed by atoms with Gasteiger partial charge in [-0.3, -0.25) is 0 Å². The summed E-state index contributed by atoms with van der Waals surface area (Å²) in [5.41, 5.74) is 9.93. The molecule has 10 rings (SSSR count). The normalized spacial score (nSPS) is 14.2. The van der Waals surface area contributed by atoms with Gasteiger partial charge in [-0.1, -0.05) is 171 Å². The summed E-state index contributed by atoms with van der Waals surface area (Å²) in [6.45, 7) is 4.42. The maximum Gasteiger partial charge on any atom is 0.164 e. The fraction of sp³-hybridized carbons (Fsp3) is 0.0600. The summed E-state index contributed by atoms with van der Waals surface area (Å²) in [7, 11) is 0. The molecule has 0 N–H and O–H groups in total. The quantitative estimate of drug-likeness (QED) is 0.181. The lowest BCUT2D eigenvalue weighted by atomic mass is 9.82. The van der Waals surface area contributed by atoms with E-state index in [1.165, 1.54) is 21.9 Å². The highest BCUT2D eigenvalue weighted by molar-refractivity contribution is 5.99. The molecule has 0 saturated carbocycles. The van der Waals surface area contributed by atoms with Crippen molar-refractivity contribution in [2.75, 3.05) is 0 Å². The summed E-state index contributed by atoms with van der Waals surface area (Å²) in [6, 6.07) is 48.3. The second-order valence-corrected chi connectivity index (χ2v) is 14.1. The van der Waals surface area contributed by atoms with E-state index in [0.717, 1.165) is 49.7 Å². The van der Waals surface area contributed by atoms with Crippen LogP contribution in [-0.2, 0) is 5.41 Å². The van der Waals surface area contributed by atoms with Crippen LogP contribution in [0.3, 0.4) is 0 Å². The highest BCUT2D eigenvalue weighted by Gasteiger charge is 2.37. The molecule has 8 aromatic carbocycles. The lowest BCUT2D eigenvalue weighted by Crippen LogP contribution is -2.14. The molecule has 0 bridgehead atoms. The van der Waals surface area contributed by atoms with Crippen molar-refractivity contribution in [3.63, 3.8) is 0 Å². The molecule has 0 spiro atoms.